The van der Waals surface area contributed by atoms with Crippen molar-refractivity contribution >= 4 is 75.9 Å². The van der Waals surface area contributed by atoms with Crippen molar-refractivity contribution in [2.24, 2.45) is 7.05 Å². The van der Waals surface area contributed by atoms with E-state index in [-0.39, 0.29) is 39.0 Å². The minimum atomic E-state index is -0.618. The van der Waals surface area contributed by atoms with Crippen LogP contribution >= 0.6 is 0 Å². The van der Waals surface area contributed by atoms with E-state index in [2.05, 4.69) is 20.5 Å². The van der Waals surface area contributed by atoms with Gasteiger partial charge in [-0.3, -0.25) is 4.79 Å². The van der Waals surface area contributed by atoms with E-state index in [0.29, 0.717) is 5.52 Å². The van der Waals surface area contributed by atoms with Gasteiger partial charge in [-0.2, -0.15) is 0 Å². The highest BCUT2D eigenvalue weighted by molar-refractivity contribution is 6.61. The highest BCUT2D eigenvalue weighted by Gasteiger charge is 2.19. The van der Waals surface area contributed by atoms with Gasteiger partial charge in [-0.25, -0.2) is 4.98 Å². The Kier molecular flexibility index (Phi) is 5.35. The Balaban J connectivity index is 1.70. The van der Waals surface area contributed by atoms with Crippen molar-refractivity contribution in [3.63, 3.8) is 0 Å². The van der Waals surface area contributed by atoms with Gasteiger partial charge in [0.15, 0.2) is 5.82 Å². The Morgan fingerprint density at radius 2 is 1.74 bits per heavy atom. The number of carbonyl (C=O) groups is 1. The molecule has 31 heavy (non-hydrogen) atoms. The van der Waals surface area contributed by atoms with Gasteiger partial charge in [0.25, 0.3) is 5.91 Å². The fourth-order valence-electron chi connectivity index (χ4n) is 3.35. The summed E-state index contributed by atoms with van der Waals surface area (Å²) in [4.78, 5) is 17.0. The minimum Gasteiger partial charge on any atom is -0.498 e. The molecular weight excluding hydrogens is 386 g/mol. The molecule has 1 N–H and O–H groups in total. The fourth-order valence-corrected chi connectivity index (χ4v) is 3.35. The number of nitrogens with zero attached hydrogens (tertiary/aromatic N) is 4. The summed E-state index contributed by atoms with van der Waals surface area (Å²) in [5, 5.41) is 11.6. The van der Waals surface area contributed by atoms with Crippen LogP contribution in [0.25, 0.3) is 22.2 Å². The van der Waals surface area contributed by atoms with E-state index in [9.17, 15) is 4.79 Å². The Bertz CT molecular complexity index is 1310. The van der Waals surface area contributed by atoms with Gasteiger partial charge in [-0.05, 0) is 18.2 Å². The highest BCUT2D eigenvalue weighted by Crippen LogP contribution is 2.24. The molecule has 0 aliphatic heterocycles. The second-order valence-electron chi connectivity index (χ2n) is 6.91. The van der Waals surface area contributed by atoms with Gasteiger partial charge in [0.2, 0.25) is 0 Å². The van der Waals surface area contributed by atoms with Crippen molar-refractivity contribution in [1.82, 2.24) is 19.7 Å². The quantitative estimate of drug-likeness (QED) is 0.422. The third-order valence-corrected chi connectivity index (χ3v) is 4.98. The smallest absolute Gasteiger partial charge is 0.255 e. The minimum absolute atomic E-state index is 0.0322. The molecule has 2 heterocycles. The Hall–Kier alpha value is -3.48. The summed E-state index contributed by atoms with van der Waals surface area (Å²) in [5.74, 6) is -0.279. The lowest BCUT2D eigenvalue weighted by molar-refractivity contribution is 0.102. The molecule has 1 amide bonds. The number of aryl methyl sites for hydroxylation is 1. The van der Waals surface area contributed by atoms with Gasteiger partial charge < -0.3 is 14.6 Å². The molecule has 8 radical (unpaired) electrons. The number of ether oxygens (including phenoxy) is 1. The van der Waals surface area contributed by atoms with Crippen LogP contribution in [0, 0.1) is 0 Å². The number of benzene rings is 2. The maximum Gasteiger partial charge on any atom is 0.255 e. The molecule has 4 aromatic rings. The van der Waals surface area contributed by atoms with Crippen LogP contribution in [0.3, 0.4) is 0 Å². The first-order chi connectivity index (χ1) is 14.8. The van der Waals surface area contributed by atoms with Crippen LogP contribution in [0.5, 0.6) is 5.75 Å². The summed E-state index contributed by atoms with van der Waals surface area (Å²) in [5.41, 5.74) is 2.49. The molecule has 142 valence electrons. The number of amides is 1. The number of carbonyl (C=O) groups excluding carboxylic acids is 1. The number of hydrogen-bond donors (Lipinski definition) is 1. The number of rotatable bonds is 4. The average Bonchev–Trinajstić information content (AvgIpc) is 3.18. The molecule has 0 atom stereocenters. The van der Waals surface area contributed by atoms with Gasteiger partial charge in [-0.15, -0.1) is 10.2 Å². The Labute approximate surface area is 184 Å². The molecular formula is C20H13B4N5O2. The van der Waals surface area contributed by atoms with Crippen molar-refractivity contribution < 1.29 is 9.53 Å². The van der Waals surface area contributed by atoms with E-state index in [4.69, 9.17) is 36.1 Å². The normalized spacial score (nSPS) is 10.9. The lowest BCUT2D eigenvalue weighted by atomic mass is 9.66. The standard InChI is InChI=1S/C20H13B4N5O2/c1-29-8-25-7-12(29)9-3-4-11-10(5-9)6-13(28-27-11)26-20(30)14-15(21)17(23)19(31-2)18(24)16(14)22/h3-8H,1-2H3,(H,26,28,30). The Morgan fingerprint density at radius 1 is 1.03 bits per heavy atom. The third-order valence-electron chi connectivity index (χ3n) is 4.98. The van der Waals surface area contributed by atoms with Crippen molar-refractivity contribution in [1.29, 1.82) is 0 Å². The van der Waals surface area contributed by atoms with E-state index in [1.807, 2.05) is 29.8 Å². The predicted octanol–water partition coefficient (Wildman–Crippen LogP) is -1.53. The largest absolute Gasteiger partial charge is 0.498 e. The van der Waals surface area contributed by atoms with E-state index in [1.54, 1.807) is 18.6 Å². The van der Waals surface area contributed by atoms with E-state index in [0.717, 1.165) is 16.6 Å². The van der Waals surface area contributed by atoms with Gasteiger partial charge in [-0.1, -0.05) is 27.9 Å². The summed E-state index contributed by atoms with van der Waals surface area (Å²) >= 11 is 0. The van der Waals surface area contributed by atoms with Crippen molar-refractivity contribution in [2.45, 2.75) is 0 Å². The first kappa shape index (κ1) is 20.8. The monoisotopic (exact) mass is 399 g/mol. The predicted molar refractivity (Wildman–Crippen MR) is 124 cm³/mol. The summed E-state index contributed by atoms with van der Waals surface area (Å²) in [6, 6.07) is 7.40. The number of anilines is 1. The van der Waals surface area contributed by atoms with Gasteiger partial charge in [0.05, 0.1) is 30.8 Å². The molecule has 7 nitrogen and oxygen atoms in total. The van der Waals surface area contributed by atoms with Crippen LogP contribution in [0.4, 0.5) is 5.82 Å². The summed E-state index contributed by atoms with van der Waals surface area (Å²) < 4.78 is 7.02. The molecule has 0 bridgehead atoms. The lowest BCUT2D eigenvalue weighted by Crippen LogP contribution is -2.47. The van der Waals surface area contributed by atoms with Crippen LogP contribution in [0.1, 0.15) is 10.4 Å². The first-order valence-corrected chi connectivity index (χ1v) is 9.17. The van der Waals surface area contributed by atoms with Crippen molar-refractivity contribution in [3.8, 4) is 17.0 Å². The van der Waals surface area contributed by atoms with Crippen molar-refractivity contribution in [2.75, 3.05) is 12.4 Å². The number of imidazole rings is 1. The first-order valence-electron chi connectivity index (χ1n) is 9.17. The molecule has 2 aromatic heterocycles. The molecule has 2 aromatic carbocycles. The zero-order valence-electron chi connectivity index (χ0n) is 16.9. The molecule has 0 spiro atoms. The second kappa shape index (κ2) is 7.98. The molecule has 0 aliphatic rings. The highest BCUT2D eigenvalue weighted by atomic mass is 16.5. The van der Waals surface area contributed by atoms with Crippen LogP contribution < -0.4 is 31.9 Å². The van der Waals surface area contributed by atoms with Gasteiger partial charge in [0.1, 0.15) is 37.1 Å². The van der Waals surface area contributed by atoms with E-state index < -0.39 is 5.91 Å². The third kappa shape index (κ3) is 3.60. The topological polar surface area (TPSA) is 81.9 Å². The van der Waals surface area contributed by atoms with E-state index in [1.165, 1.54) is 7.11 Å². The van der Waals surface area contributed by atoms with Crippen LogP contribution in [0.15, 0.2) is 36.8 Å². The molecule has 4 rings (SSSR count). The van der Waals surface area contributed by atoms with Crippen molar-refractivity contribution in [3.05, 3.63) is 42.4 Å². The summed E-state index contributed by atoms with van der Waals surface area (Å²) in [6.07, 6.45) is 3.49. The molecule has 0 unspecified atom stereocenters. The average molecular weight is 399 g/mol. The summed E-state index contributed by atoms with van der Waals surface area (Å²) in [7, 11) is 27.2. The molecule has 0 saturated carbocycles. The maximum absolute atomic E-state index is 12.9. The summed E-state index contributed by atoms with van der Waals surface area (Å²) in [6.45, 7) is 0. The fraction of sp³-hybridized carbons (Fsp3) is 0.100. The zero-order chi connectivity index (χ0) is 22.3. The zero-order valence-corrected chi connectivity index (χ0v) is 16.9. The number of aromatic nitrogens is 4. The number of nitrogens with one attached hydrogen (secondary N) is 1. The second-order valence-corrected chi connectivity index (χ2v) is 6.91. The molecule has 0 aliphatic carbocycles. The number of methoxy groups -OCH3 is 1. The van der Waals surface area contributed by atoms with E-state index >= 15 is 0 Å². The van der Waals surface area contributed by atoms with Crippen LogP contribution in [0.2, 0.25) is 0 Å². The van der Waals surface area contributed by atoms with Crippen LogP contribution in [-0.4, -0.2) is 64.2 Å². The Morgan fingerprint density at radius 3 is 2.35 bits per heavy atom. The SMILES string of the molecule is [B]c1c([B])c(C(=O)Nc2cc3cc(-c4cncn4C)ccc3nn2)c([B])c([B])c1OC. The lowest BCUT2D eigenvalue weighted by Gasteiger charge is -2.20. The number of hydrogen-bond acceptors (Lipinski definition) is 5. The molecule has 0 fully saturated rings. The van der Waals surface area contributed by atoms with Crippen LogP contribution in [-0.2, 0) is 7.05 Å². The maximum atomic E-state index is 12.9. The molecule has 11 heteroatoms. The van der Waals surface area contributed by atoms with Gasteiger partial charge >= 0.3 is 0 Å². The van der Waals surface area contributed by atoms with Gasteiger partial charge in [0, 0.05) is 23.6 Å². The number of fused-ring (bicyclic) bond motifs is 1. The molecule has 0 saturated heterocycles.